The molecule has 20 heavy (non-hydrogen) atoms. The van der Waals surface area contributed by atoms with Crippen molar-refractivity contribution in [1.82, 2.24) is 15.2 Å². The highest BCUT2D eigenvalue weighted by molar-refractivity contribution is 6.31. The maximum Gasteiger partial charge on any atom is 0.313 e. The number of hydrogen-bond donors (Lipinski definition) is 0. The zero-order valence-corrected chi connectivity index (χ0v) is 12.2. The molecule has 0 amide bonds. The van der Waals surface area contributed by atoms with Crippen molar-refractivity contribution < 1.29 is 9.53 Å². The van der Waals surface area contributed by atoms with E-state index in [4.69, 9.17) is 16.3 Å². The molecule has 0 unspecified atom stereocenters. The SMILES string of the molecule is CCC(CC)OC(=O)Cc1nnc2cc(Cl)ccc2n1. The lowest BCUT2D eigenvalue weighted by molar-refractivity contribution is -0.148. The normalized spacial score (nSPS) is 11.0. The van der Waals surface area contributed by atoms with Crippen LogP contribution in [0.3, 0.4) is 0 Å². The molecule has 0 atom stereocenters. The Balaban J connectivity index is 2.10. The summed E-state index contributed by atoms with van der Waals surface area (Å²) in [5, 5.41) is 8.51. The number of carbonyl (C=O) groups excluding carboxylic acids is 1. The highest BCUT2D eigenvalue weighted by Crippen LogP contribution is 2.15. The van der Waals surface area contributed by atoms with Gasteiger partial charge in [0.15, 0.2) is 5.82 Å². The van der Waals surface area contributed by atoms with Crippen LogP contribution in [0.25, 0.3) is 11.0 Å². The lowest BCUT2D eigenvalue weighted by atomic mass is 10.2. The molecule has 0 saturated heterocycles. The number of nitrogens with zero attached hydrogens (tertiary/aromatic N) is 3. The number of hydrogen-bond acceptors (Lipinski definition) is 5. The molecule has 0 radical (unpaired) electrons. The Kier molecular flexibility index (Phi) is 4.84. The van der Waals surface area contributed by atoms with Gasteiger partial charge in [-0.15, -0.1) is 10.2 Å². The number of fused-ring (bicyclic) bond motifs is 1. The van der Waals surface area contributed by atoms with Crippen molar-refractivity contribution >= 4 is 28.6 Å². The lowest BCUT2D eigenvalue weighted by Gasteiger charge is -2.13. The molecule has 1 aromatic heterocycles. The predicted octanol–water partition coefficient (Wildman–Crippen LogP) is 2.95. The third kappa shape index (κ3) is 3.63. The number of benzene rings is 1. The number of esters is 1. The maximum atomic E-state index is 11.8. The summed E-state index contributed by atoms with van der Waals surface area (Å²) in [6.45, 7) is 3.97. The molecule has 5 nitrogen and oxygen atoms in total. The van der Waals surface area contributed by atoms with Crippen molar-refractivity contribution in [3.63, 3.8) is 0 Å². The van der Waals surface area contributed by atoms with Crippen LogP contribution in [0.2, 0.25) is 5.02 Å². The van der Waals surface area contributed by atoms with Crippen LogP contribution in [-0.4, -0.2) is 27.3 Å². The average Bonchev–Trinajstić information content (AvgIpc) is 2.45. The van der Waals surface area contributed by atoms with E-state index in [9.17, 15) is 4.79 Å². The average molecular weight is 294 g/mol. The summed E-state index contributed by atoms with van der Waals surface area (Å²) in [6.07, 6.45) is 1.59. The second-order valence-electron chi connectivity index (χ2n) is 4.47. The van der Waals surface area contributed by atoms with Gasteiger partial charge in [-0.05, 0) is 31.0 Å². The van der Waals surface area contributed by atoms with Gasteiger partial charge in [-0.1, -0.05) is 25.4 Å². The van der Waals surface area contributed by atoms with Crippen LogP contribution in [0, 0.1) is 0 Å². The molecule has 0 aliphatic rings. The highest BCUT2D eigenvalue weighted by Gasteiger charge is 2.13. The van der Waals surface area contributed by atoms with E-state index < -0.39 is 0 Å². The fourth-order valence-corrected chi connectivity index (χ4v) is 2.00. The Morgan fingerprint density at radius 3 is 2.70 bits per heavy atom. The van der Waals surface area contributed by atoms with E-state index in [1.165, 1.54) is 0 Å². The summed E-state index contributed by atoms with van der Waals surface area (Å²) in [5.41, 5.74) is 1.27. The third-order valence-electron chi connectivity index (χ3n) is 2.97. The number of halogens is 1. The Bertz CT molecular complexity index is 614. The van der Waals surface area contributed by atoms with Crippen LogP contribution < -0.4 is 0 Å². The van der Waals surface area contributed by atoms with Gasteiger partial charge >= 0.3 is 5.97 Å². The molecule has 0 spiro atoms. The van der Waals surface area contributed by atoms with Crippen LogP contribution in [0.4, 0.5) is 0 Å². The van der Waals surface area contributed by atoms with E-state index in [1.54, 1.807) is 18.2 Å². The minimum atomic E-state index is -0.325. The van der Waals surface area contributed by atoms with Crippen molar-refractivity contribution in [2.24, 2.45) is 0 Å². The Morgan fingerprint density at radius 1 is 1.25 bits per heavy atom. The van der Waals surface area contributed by atoms with Gasteiger partial charge in [-0.3, -0.25) is 4.79 Å². The summed E-state index contributed by atoms with van der Waals surface area (Å²) in [5.74, 6) is 0.0320. The molecule has 1 heterocycles. The standard InChI is InChI=1S/C14H16ClN3O2/c1-3-10(4-2)20-14(19)8-13-16-11-6-5-9(15)7-12(11)17-18-13/h5-7,10H,3-4,8H2,1-2H3. The summed E-state index contributed by atoms with van der Waals surface area (Å²) in [4.78, 5) is 16.1. The first-order valence-corrected chi connectivity index (χ1v) is 6.98. The van der Waals surface area contributed by atoms with Crippen LogP contribution in [0.5, 0.6) is 0 Å². The number of rotatable bonds is 5. The quantitative estimate of drug-likeness (QED) is 0.793. The molecular weight excluding hydrogens is 278 g/mol. The Morgan fingerprint density at radius 2 is 2.00 bits per heavy atom. The molecule has 0 N–H and O–H groups in total. The van der Waals surface area contributed by atoms with Crippen LogP contribution >= 0.6 is 11.6 Å². The van der Waals surface area contributed by atoms with Gasteiger partial charge in [-0.2, -0.15) is 0 Å². The van der Waals surface area contributed by atoms with Crippen molar-refractivity contribution in [1.29, 1.82) is 0 Å². The minimum Gasteiger partial charge on any atom is -0.462 e. The van der Waals surface area contributed by atoms with Crippen LogP contribution in [0.15, 0.2) is 18.2 Å². The largest absolute Gasteiger partial charge is 0.462 e. The van der Waals surface area contributed by atoms with Crippen molar-refractivity contribution in [2.75, 3.05) is 0 Å². The molecule has 106 valence electrons. The number of carbonyl (C=O) groups is 1. The molecule has 2 aromatic rings. The molecule has 1 aromatic carbocycles. The van der Waals surface area contributed by atoms with E-state index >= 15 is 0 Å². The summed E-state index contributed by atoms with van der Waals surface area (Å²) in [7, 11) is 0. The number of ether oxygens (including phenoxy) is 1. The van der Waals surface area contributed by atoms with E-state index in [1.807, 2.05) is 13.8 Å². The first-order chi connectivity index (χ1) is 9.62. The Labute approximate surface area is 122 Å². The molecule has 0 saturated carbocycles. The van der Waals surface area contributed by atoms with Crippen LogP contribution in [-0.2, 0) is 16.0 Å². The lowest BCUT2D eigenvalue weighted by Crippen LogP contribution is -2.19. The van der Waals surface area contributed by atoms with Gasteiger partial charge in [-0.25, -0.2) is 4.98 Å². The van der Waals surface area contributed by atoms with Gasteiger partial charge < -0.3 is 4.74 Å². The van der Waals surface area contributed by atoms with Crippen molar-refractivity contribution in [3.05, 3.63) is 29.0 Å². The monoisotopic (exact) mass is 293 g/mol. The number of aromatic nitrogens is 3. The van der Waals surface area contributed by atoms with Gasteiger partial charge in [0.25, 0.3) is 0 Å². The highest BCUT2D eigenvalue weighted by atomic mass is 35.5. The van der Waals surface area contributed by atoms with Gasteiger partial charge in [0.1, 0.15) is 18.0 Å². The fourth-order valence-electron chi connectivity index (χ4n) is 1.83. The molecule has 0 aliphatic heterocycles. The second kappa shape index (κ2) is 6.61. The zero-order valence-electron chi connectivity index (χ0n) is 11.5. The second-order valence-corrected chi connectivity index (χ2v) is 4.90. The molecular formula is C14H16ClN3O2. The third-order valence-corrected chi connectivity index (χ3v) is 3.21. The molecule has 0 aliphatic carbocycles. The smallest absolute Gasteiger partial charge is 0.313 e. The van der Waals surface area contributed by atoms with Crippen molar-refractivity contribution in [2.45, 2.75) is 39.2 Å². The van der Waals surface area contributed by atoms with Crippen LogP contribution in [0.1, 0.15) is 32.5 Å². The molecule has 2 rings (SSSR count). The maximum absolute atomic E-state index is 11.8. The van der Waals surface area contributed by atoms with E-state index in [-0.39, 0.29) is 18.5 Å². The topological polar surface area (TPSA) is 65.0 Å². The summed E-state index contributed by atoms with van der Waals surface area (Å²) < 4.78 is 5.32. The predicted molar refractivity (Wildman–Crippen MR) is 76.5 cm³/mol. The molecule has 6 heteroatoms. The first kappa shape index (κ1) is 14.7. The zero-order chi connectivity index (χ0) is 14.5. The minimum absolute atomic E-state index is 0.0298. The summed E-state index contributed by atoms with van der Waals surface area (Å²) in [6, 6.07) is 5.16. The van der Waals surface area contributed by atoms with E-state index in [0.717, 1.165) is 12.8 Å². The first-order valence-electron chi connectivity index (χ1n) is 6.60. The van der Waals surface area contributed by atoms with E-state index in [0.29, 0.717) is 21.9 Å². The van der Waals surface area contributed by atoms with Gasteiger partial charge in [0, 0.05) is 5.02 Å². The Hall–Kier alpha value is -1.75. The summed E-state index contributed by atoms with van der Waals surface area (Å²) >= 11 is 5.86. The van der Waals surface area contributed by atoms with Crippen molar-refractivity contribution in [3.8, 4) is 0 Å². The fraction of sp³-hybridized carbons (Fsp3) is 0.429. The molecule has 0 bridgehead atoms. The van der Waals surface area contributed by atoms with E-state index in [2.05, 4.69) is 15.2 Å². The van der Waals surface area contributed by atoms with Gasteiger partial charge in [0.05, 0.1) is 5.52 Å². The molecule has 0 fully saturated rings. The van der Waals surface area contributed by atoms with Gasteiger partial charge in [0.2, 0.25) is 0 Å².